The Bertz CT molecular complexity index is 651. The first kappa shape index (κ1) is 17.5. The fraction of sp³-hybridized carbons (Fsp3) is 0.438. The first-order valence-electron chi connectivity index (χ1n) is 7.60. The van der Waals surface area contributed by atoms with E-state index in [-0.39, 0.29) is 36.4 Å². The van der Waals surface area contributed by atoms with Gasteiger partial charge in [-0.1, -0.05) is 0 Å². The molecule has 24 heavy (non-hydrogen) atoms. The molecule has 0 spiro atoms. The van der Waals surface area contributed by atoms with Crippen molar-refractivity contribution in [2.75, 3.05) is 19.6 Å². The lowest BCUT2D eigenvalue weighted by Crippen LogP contribution is -2.46. The monoisotopic (exact) mass is 335 g/mol. The number of carbonyl (C=O) groups excluding carboxylic acids is 1. The fourth-order valence-electron chi connectivity index (χ4n) is 2.41. The number of aliphatic carboxylic acids is 1. The van der Waals surface area contributed by atoms with Gasteiger partial charge in [-0.3, -0.25) is 4.79 Å². The number of carbonyl (C=O) groups is 2. The maximum atomic E-state index is 13.8. The molecule has 1 aliphatic rings. The van der Waals surface area contributed by atoms with Gasteiger partial charge >= 0.3 is 12.0 Å². The van der Waals surface area contributed by atoms with Crippen LogP contribution >= 0.6 is 0 Å². The number of urea groups is 1. The number of ether oxygens (including phenoxy) is 1. The summed E-state index contributed by atoms with van der Waals surface area (Å²) < 4.78 is 19.4. The lowest BCUT2D eigenvalue weighted by molar-refractivity contribution is -0.136. The van der Waals surface area contributed by atoms with E-state index in [2.05, 4.69) is 5.32 Å². The molecule has 1 aromatic rings. The van der Waals surface area contributed by atoms with E-state index in [0.717, 1.165) is 6.07 Å². The van der Waals surface area contributed by atoms with Crippen molar-refractivity contribution >= 4 is 12.0 Å². The van der Waals surface area contributed by atoms with Crippen molar-refractivity contribution in [2.24, 2.45) is 0 Å². The number of carboxylic acid groups (broad SMARTS) is 1. The second-order valence-corrected chi connectivity index (χ2v) is 5.44. The van der Waals surface area contributed by atoms with Gasteiger partial charge in [-0.05, 0) is 18.2 Å². The van der Waals surface area contributed by atoms with E-state index in [1.807, 2.05) is 6.07 Å². The summed E-state index contributed by atoms with van der Waals surface area (Å²) in [6, 6.07) is 5.60. The topological polar surface area (TPSA) is 103 Å². The molecule has 8 heteroatoms. The smallest absolute Gasteiger partial charge is 0.317 e. The van der Waals surface area contributed by atoms with Crippen LogP contribution in [-0.2, 0) is 4.79 Å². The van der Waals surface area contributed by atoms with Gasteiger partial charge in [0.1, 0.15) is 6.10 Å². The Hall–Kier alpha value is -2.82. The van der Waals surface area contributed by atoms with E-state index in [1.54, 1.807) is 4.90 Å². The molecule has 0 radical (unpaired) electrons. The maximum Gasteiger partial charge on any atom is 0.317 e. The molecule has 1 fully saturated rings. The van der Waals surface area contributed by atoms with Gasteiger partial charge in [0.05, 0.1) is 18.1 Å². The van der Waals surface area contributed by atoms with Crippen LogP contribution in [0, 0.1) is 17.1 Å². The number of benzene rings is 1. The van der Waals surface area contributed by atoms with Gasteiger partial charge in [-0.15, -0.1) is 0 Å². The lowest BCUT2D eigenvalue weighted by atomic mass is 10.1. The predicted octanol–water partition coefficient (Wildman–Crippen LogP) is 1.72. The first-order chi connectivity index (χ1) is 11.5. The van der Waals surface area contributed by atoms with E-state index < -0.39 is 11.8 Å². The van der Waals surface area contributed by atoms with Gasteiger partial charge in [0.25, 0.3) is 0 Å². The van der Waals surface area contributed by atoms with Crippen molar-refractivity contribution in [3.05, 3.63) is 29.6 Å². The molecule has 7 nitrogen and oxygen atoms in total. The van der Waals surface area contributed by atoms with Crippen molar-refractivity contribution in [3.63, 3.8) is 0 Å². The minimum Gasteiger partial charge on any atom is -0.487 e. The average molecular weight is 335 g/mol. The molecule has 0 aromatic heterocycles. The molecule has 1 aromatic carbocycles. The summed E-state index contributed by atoms with van der Waals surface area (Å²) in [5.41, 5.74) is 0.229. The van der Waals surface area contributed by atoms with E-state index in [1.165, 1.54) is 12.1 Å². The molecular formula is C16H18FN3O4. The Labute approximate surface area is 138 Å². The molecule has 2 amide bonds. The Balaban J connectivity index is 1.79. The summed E-state index contributed by atoms with van der Waals surface area (Å²) in [4.78, 5) is 23.9. The summed E-state index contributed by atoms with van der Waals surface area (Å²) in [5.74, 6) is -1.45. The second kappa shape index (κ2) is 8.15. The highest BCUT2D eigenvalue weighted by molar-refractivity contribution is 5.75. The third kappa shape index (κ3) is 4.84. The number of rotatable bonds is 5. The number of likely N-dealkylation sites (tertiary alicyclic amines) is 1. The number of hydrogen-bond donors (Lipinski definition) is 2. The van der Waals surface area contributed by atoms with Crippen molar-refractivity contribution < 1.29 is 23.8 Å². The van der Waals surface area contributed by atoms with Crippen LogP contribution in [0.3, 0.4) is 0 Å². The Morgan fingerprint density at radius 2 is 2.12 bits per heavy atom. The van der Waals surface area contributed by atoms with E-state index in [0.29, 0.717) is 25.9 Å². The molecule has 0 aliphatic carbocycles. The van der Waals surface area contributed by atoms with Gasteiger partial charge < -0.3 is 20.1 Å². The quantitative estimate of drug-likeness (QED) is 0.853. The lowest BCUT2D eigenvalue weighted by Gasteiger charge is -2.32. The zero-order valence-corrected chi connectivity index (χ0v) is 13.0. The Morgan fingerprint density at radius 1 is 1.42 bits per heavy atom. The minimum absolute atomic E-state index is 0.0844. The third-order valence-corrected chi connectivity index (χ3v) is 3.70. The highest BCUT2D eigenvalue weighted by atomic mass is 19.1. The number of halogens is 1. The number of carboxylic acids is 1. The van der Waals surface area contributed by atoms with E-state index in [4.69, 9.17) is 15.1 Å². The highest BCUT2D eigenvalue weighted by Crippen LogP contribution is 2.23. The second-order valence-electron chi connectivity index (χ2n) is 5.44. The Morgan fingerprint density at radius 3 is 2.71 bits per heavy atom. The molecule has 1 aliphatic heterocycles. The summed E-state index contributed by atoms with van der Waals surface area (Å²) in [6.07, 6.45) is 0.761. The molecule has 2 rings (SSSR count). The molecule has 0 atom stereocenters. The highest BCUT2D eigenvalue weighted by Gasteiger charge is 2.24. The van der Waals surface area contributed by atoms with Crippen molar-refractivity contribution in [2.45, 2.75) is 25.4 Å². The molecule has 2 N–H and O–H groups in total. The molecular weight excluding hydrogens is 317 g/mol. The van der Waals surface area contributed by atoms with Crippen LogP contribution in [0.15, 0.2) is 18.2 Å². The fourth-order valence-corrected chi connectivity index (χ4v) is 2.41. The molecule has 128 valence electrons. The van der Waals surface area contributed by atoms with Gasteiger partial charge in [0.2, 0.25) is 0 Å². The van der Waals surface area contributed by atoms with Crippen LogP contribution in [0.25, 0.3) is 0 Å². The van der Waals surface area contributed by atoms with Crippen LogP contribution in [0.1, 0.15) is 24.8 Å². The number of nitrogens with zero attached hydrogens (tertiary/aromatic N) is 2. The third-order valence-electron chi connectivity index (χ3n) is 3.70. The molecule has 0 unspecified atom stereocenters. The summed E-state index contributed by atoms with van der Waals surface area (Å²) in [6.45, 7) is 0.976. The average Bonchev–Trinajstić information content (AvgIpc) is 2.57. The number of nitriles is 1. The van der Waals surface area contributed by atoms with Gasteiger partial charge in [-0.2, -0.15) is 5.26 Å². The van der Waals surface area contributed by atoms with Gasteiger partial charge in [0, 0.05) is 32.5 Å². The number of piperidine rings is 1. The number of nitrogens with one attached hydrogen (secondary N) is 1. The van der Waals surface area contributed by atoms with E-state index in [9.17, 15) is 14.0 Å². The largest absolute Gasteiger partial charge is 0.487 e. The number of hydrogen-bond acceptors (Lipinski definition) is 4. The minimum atomic E-state index is -0.966. The van der Waals surface area contributed by atoms with Crippen molar-refractivity contribution in [3.8, 4) is 11.8 Å². The zero-order valence-electron chi connectivity index (χ0n) is 13.0. The maximum absolute atomic E-state index is 13.8. The van der Waals surface area contributed by atoms with Gasteiger partial charge in [0.15, 0.2) is 11.6 Å². The van der Waals surface area contributed by atoms with Crippen LogP contribution in [0.5, 0.6) is 5.75 Å². The van der Waals surface area contributed by atoms with Crippen LogP contribution in [0.4, 0.5) is 9.18 Å². The number of amides is 2. The molecule has 1 saturated heterocycles. The molecule has 0 bridgehead atoms. The first-order valence-corrected chi connectivity index (χ1v) is 7.60. The Kier molecular flexibility index (Phi) is 5.95. The van der Waals surface area contributed by atoms with Crippen LogP contribution in [-0.4, -0.2) is 47.7 Å². The zero-order chi connectivity index (χ0) is 17.5. The summed E-state index contributed by atoms with van der Waals surface area (Å²) >= 11 is 0. The predicted molar refractivity (Wildman–Crippen MR) is 82.0 cm³/mol. The standard InChI is InChI=1S/C16H18FN3O4/c17-13-9-11(10-18)1-2-14(13)24-12-4-7-20(8-5-12)16(23)19-6-3-15(21)22/h1-2,9,12H,3-8H2,(H,19,23)(H,21,22). The normalized spacial score (nSPS) is 14.8. The van der Waals surface area contributed by atoms with Crippen molar-refractivity contribution in [1.29, 1.82) is 5.26 Å². The van der Waals surface area contributed by atoms with Crippen LogP contribution < -0.4 is 10.1 Å². The molecule has 1 heterocycles. The van der Waals surface area contributed by atoms with E-state index >= 15 is 0 Å². The van der Waals surface area contributed by atoms with Gasteiger partial charge in [-0.25, -0.2) is 9.18 Å². The summed E-state index contributed by atoms with van der Waals surface area (Å²) in [5, 5.41) is 19.8. The molecule has 0 saturated carbocycles. The summed E-state index contributed by atoms with van der Waals surface area (Å²) in [7, 11) is 0. The van der Waals surface area contributed by atoms with Crippen LogP contribution in [0.2, 0.25) is 0 Å². The SMILES string of the molecule is N#Cc1ccc(OC2CCN(C(=O)NCCC(=O)O)CC2)c(F)c1. The van der Waals surface area contributed by atoms with Crippen molar-refractivity contribution in [1.82, 2.24) is 10.2 Å².